The quantitative estimate of drug-likeness (QED) is 0.455. The first-order chi connectivity index (χ1) is 15.2. The highest BCUT2D eigenvalue weighted by Gasteiger charge is 2.19. The lowest BCUT2D eigenvalue weighted by molar-refractivity contribution is 0.516. The van der Waals surface area contributed by atoms with Crippen molar-refractivity contribution in [3.63, 3.8) is 0 Å². The average Bonchev–Trinajstić information content (AvgIpc) is 3.25. The molecule has 2 N–H and O–H groups in total. The SMILES string of the molecule is CCc1nncn1CCNC(=NCc1ccccc1F)NC1CCc2ccccc2C1. The van der Waals surface area contributed by atoms with Crippen LogP contribution in [0.25, 0.3) is 0 Å². The molecule has 1 unspecified atom stereocenters. The van der Waals surface area contributed by atoms with E-state index in [9.17, 15) is 4.39 Å². The molecule has 3 aromatic rings. The molecule has 0 amide bonds. The van der Waals surface area contributed by atoms with E-state index in [1.165, 1.54) is 17.2 Å². The van der Waals surface area contributed by atoms with E-state index in [1.54, 1.807) is 18.5 Å². The van der Waals surface area contributed by atoms with Crippen molar-refractivity contribution in [2.45, 2.75) is 51.7 Å². The number of benzene rings is 2. The van der Waals surface area contributed by atoms with Gasteiger partial charge in [0, 0.05) is 31.1 Å². The molecular weight excluding hydrogens is 391 g/mol. The van der Waals surface area contributed by atoms with Gasteiger partial charge in [0.05, 0.1) is 6.54 Å². The number of aromatic nitrogens is 3. The Morgan fingerprint density at radius 1 is 1.16 bits per heavy atom. The third kappa shape index (κ3) is 5.48. The molecule has 1 aromatic heterocycles. The maximum absolute atomic E-state index is 14.1. The summed E-state index contributed by atoms with van der Waals surface area (Å²) in [6, 6.07) is 15.7. The summed E-state index contributed by atoms with van der Waals surface area (Å²) < 4.78 is 16.1. The highest BCUT2D eigenvalue weighted by molar-refractivity contribution is 5.80. The van der Waals surface area contributed by atoms with Gasteiger partial charge in [0.2, 0.25) is 0 Å². The van der Waals surface area contributed by atoms with Crippen molar-refractivity contribution in [1.29, 1.82) is 0 Å². The van der Waals surface area contributed by atoms with Gasteiger partial charge < -0.3 is 15.2 Å². The van der Waals surface area contributed by atoms with Crippen molar-refractivity contribution in [2.24, 2.45) is 4.99 Å². The van der Waals surface area contributed by atoms with Crippen LogP contribution in [0, 0.1) is 5.82 Å². The van der Waals surface area contributed by atoms with Crippen LogP contribution in [0.2, 0.25) is 0 Å². The van der Waals surface area contributed by atoms with E-state index in [0.29, 0.717) is 24.1 Å². The monoisotopic (exact) mass is 420 g/mol. The lowest BCUT2D eigenvalue weighted by atomic mass is 9.88. The number of nitrogens with one attached hydrogen (secondary N) is 2. The fraction of sp³-hybridized carbons (Fsp3) is 0.375. The number of halogens is 1. The van der Waals surface area contributed by atoms with Crippen molar-refractivity contribution < 1.29 is 4.39 Å². The van der Waals surface area contributed by atoms with Gasteiger partial charge in [-0.3, -0.25) is 0 Å². The Balaban J connectivity index is 1.43. The molecule has 1 atom stereocenters. The predicted octanol–water partition coefficient (Wildman–Crippen LogP) is 3.27. The number of rotatable bonds is 7. The molecule has 0 aliphatic heterocycles. The van der Waals surface area contributed by atoms with Gasteiger partial charge >= 0.3 is 0 Å². The largest absolute Gasteiger partial charge is 0.355 e. The fourth-order valence-corrected chi connectivity index (χ4v) is 3.99. The molecule has 0 radical (unpaired) electrons. The Hall–Kier alpha value is -3.22. The third-order valence-electron chi connectivity index (χ3n) is 5.71. The second-order valence-corrected chi connectivity index (χ2v) is 7.83. The lowest BCUT2D eigenvalue weighted by Gasteiger charge is -2.27. The molecule has 2 aromatic carbocycles. The zero-order chi connectivity index (χ0) is 21.5. The van der Waals surface area contributed by atoms with Crippen LogP contribution in [0.3, 0.4) is 0 Å². The van der Waals surface area contributed by atoms with Crippen LogP contribution in [0.5, 0.6) is 0 Å². The molecule has 1 aliphatic carbocycles. The Labute approximate surface area is 182 Å². The highest BCUT2D eigenvalue weighted by Crippen LogP contribution is 2.21. The molecule has 1 aliphatic rings. The number of hydrogen-bond acceptors (Lipinski definition) is 3. The van der Waals surface area contributed by atoms with Gasteiger partial charge in [-0.2, -0.15) is 0 Å². The number of fused-ring (bicyclic) bond motifs is 1. The van der Waals surface area contributed by atoms with Crippen LogP contribution in [0.15, 0.2) is 59.9 Å². The van der Waals surface area contributed by atoms with Crippen molar-refractivity contribution in [3.05, 3.63) is 83.2 Å². The Bertz CT molecular complexity index is 1030. The molecule has 31 heavy (non-hydrogen) atoms. The van der Waals surface area contributed by atoms with Crippen molar-refractivity contribution in [3.8, 4) is 0 Å². The van der Waals surface area contributed by atoms with Crippen molar-refractivity contribution in [2.75, 3.05) is 6.54 Å². The van der Waals surface area contributed by atoms with Crippen molar-refractivity contribution in [1.82, 2.24) is 25.4 Å². The van der Waals surface area contributed by atoms with Crippen molar-refractivity contribution >= 4 is 5.96 Å². The minimum Gasteiger partial charge on any atom is -0.355 e. The van der Waals surface area contributed by atoms with Crippen LogP contribution < -0.4 is 10.6 Å². The van der Waals surface area contributed by atoms with Crippen LogP contribution in [-0.2, 0) is 32.4 Å². The van der Waals surface area contributed by atoms with Gasteiger partial charge in [-0.25, -0.2) is 9.38 Å². The molecule has 162 valence electrons. The minimum atomic E-state index is -0.228. The van der Waals surface area contributed by atoms with Gasteiger partial charge in [0.15, 0.2) is 5.96 Å². The Morgan fingerprint density at radius 3 is 2.81 bits per heavy atom. The van der Waals surface area contributed by atoms with Gasteiger partial charge in [-0.05, 0) is 36.5 Å². The van der Waals surface area contributed by atoms with Crippen LogP contribution in [0.4, 0.5) is 4.39 Å². The van der Waals surface area contributed by atoms with Gasteiger partial charge in [0.25, 0.3) is 0 Å². The van der Waals surface area contributed by atoms with Gasteiger partial charge in [-0.15, -0.1) is 10.2 Å². The van der Waals surface area contributed by atoms with E-state index in [0.717, 1.165) is 38.1 Å². The molecule has 7 heteroatoms. The first-order valence-electron chi connectivity index (χ1n) is 10.9. The Kier molecular flexibility index (Phi) is 6.92. The first kappa shape index (κ1) is 21.0. The zero-order valence-corrected chi connectivity index (χ0v) is 17.9. The second-order valence-electron chi connectivity index (χ2n) is 7.83. The van der Waals surface area contributed by atoms with E-state index in [-0.39, 0.29) is 12.4 Å². The molecule has 1 heterocycles. The summed E-state index contributed by atoms with van der Waals surface area (Å²) in [7, 11) is 0. The molecule has 0 bridgehead atoms. The first-order valence-corrected chi connectivity index (χ1v) is 10.9. The smallest absolute Gasteiger partial charge is 0.191 e. The fourth-order valence-electron chi connectivity index (χ4n) is 3.99. The predicted molar refractivity (Wildman–Crippen MR) is 120 cm³/mol. The number of nitrogens with zero attached hydrogens (tertiary/aromatic N) is 4. The normalized spacial score (nSPS) is 16.1. The van der Waals surface area contributed by atoms with Crippen LogP contribution >= 0.6 is 0 Å². The maximum atomic E-state index is 14.1. The highest BCUT2D eigenvalue weighted by atomic mass is 19.1. The zero-order valence-electron chi connectivity index (χ0n) is 17.9. The van der Waals surface area contributed by atoms with E-state index >= 15 is 0 Å². The maximum Gasteiger partial charge on any atom is 0.191 e. The summed E-state index contributed by atoms with van der Waals surface area (Å²) >= 11 is 0. The molecule has 0 saturated heterocycles. The molecule has 4 rings (SSSR count). The van der Waals surface area contributed by atoms with E-state index < -0.39 is 0 Å². The van der Waals surface area contributed by atoms with Gasteiger partial charge in [-0.1, -0.05) is 49.4 Å². The lowest BCUT2D eigenvalue weighted by Crippen LogP contribution is -2.46. The second kappa shape index (κ2) is 10.2. The summed E-state index contributed by atoms with van der Waals surface area (Å²) in [6.07, 6.45) is 5.65. The summed E-state index contributed by atoms with van der Waals surface area (Å²) in [6.45, 7) is 3.78. The summed E-state index contributed by atoms with van der Waals surface area (Å²) in [4.78, 5) is 4.68. The van der Waals surface area contributed by atoms with E-state index in [2.05, 4.69) is 57.0 Å². The van der Waals surface area contributed by atoms with E-state index in [1.807, 2.05) is 10.6 Å². The summed E-state index contributed by atoms with van der Waals surface area (Å²) in [5.41, 5.74) is 3.40. The number of aryl methyl sites for hydroxylation is 2. The molecule has 6 nitrogen and oxygen atoms in total. The molecule has 0 saturated carbocycles. The average molecular weight is 421 g/mol. The topological polar surface area (TPSA) is 67.1 Å². The van der Waals surface area contributed by atoms with E-state index in [4.69, 9.17) is 0 Å². The molecular formula is C24H29FN6. The molecule has 0 fully saturated rings. The molecule has 0 spiro atoms. The van der Waals surface area contributed by atoms with Gasteiger partial charge in [0.1, 0.15) is 18.0 Å². The number of hydrogen-bond donors (Lipinski definition) is 2. The number of guanidine groups is 1. The Morgan fingerprint density at radius 2 is 1.97 bits per heavy atom. The summed E-state index contributed by atoms with van der Waals surface area (Å²) in [5.74, 6) is 1.44. The minimum absolute atomic E-state index is 0.228. The third-order valence-corrected chi connectivity index (χ3v) is 5.71. The number of aliphatic imine (C=N–C) groups is 1. The van der Waals surface area contributed by atoms with Crippen LogP contribution in [0.1, 0.15) is 35.9 Å². The summed E-state index contributed by atoms with van der Waals surface area (Å²) in [5, 5.41) is 15.1. The van der Waals surface area contributed by atoms with Crippen LogP contribution in [-0.4, -0.2) is 33.3 Å². The standard InChI is InChI=1S/C24H29FN6/c1-2-23-30-28-17-31(23)14-13-26-24(27-16-20-9-5-6-10-22(20)25)29-21-12-11-18-7-3-4-8-19(18)15-21/h3-10,17,21H,2,11-16H2,1H3,(H2,26,27,29).